The Morgan fingerprint density at radius 3 is 1.28 bits per heavy atom. The summed E-state index contributed by atoms with van der Waals surface area (Å²) in [6.45, 7) is 4.00. The standard InChI is InChI=1S/C54H38S.C2H6/c1-5-18-39(19-6-1)42-22-17-23-43(36-42)53-49-30-15-16-31-50(49)54(44-33-32-40-20-13-14-21-41(40)37-44)52-38-48(34-35-51(52)53)55(45-24-7-2-8-25-45,46-26-9-3-10-27-46)47-28-11-4-12-29-47;1-2/h1-38H;1-2H3. The van der Waals surface area contributed by atoms with E-state index in [4.69, 9.17) is 0 Å². The van der Waals surface area contributed by atoms with Crippen molar-refractivity contribution in [2.24, 2.45) is 0 Å². The third-order valence-corrected chi connectivity index (χ3v) is 14.8. The molecule has 0 aliphatic heterocycles. The van der Waals surface area contributed by atoms with Gasteiger partial charge < -0.3 is 0 Å². The van der Waals surface area contributed by atoms with E-state index in [9.17, 15) is 0 Å². The molecular weight excluding hydrogens is 705 g/mol. The lowest BCUT2D eigenvalue weighted by Crippen LogP contribution is -2.05. The predicted molar refractivity (Wildman–Crippen MR) is 247 cm³/mol. The van der Waals surface area contributed by atoms with Crippen molar-refractivity contribution in [2.45, 2.75) is 33.4 Å². The van der Waals surface area contributed by atoms with E-state index in [0.29, 0.717) is 0 Å². The van der Waals surface area contributed by atoms with Crippen LogP contribution in [0.3, 0.4) is 0 Å². The average molecular weight is 749 g/mol. The third-order valence-electron chi connectivity index (χ3n) is 10.9. The SMILES string of the molecule is CC.c1ccc(-c2cccc(-c3c4ccccc4c(-c4ccc5ccccc5c4)c4cc(S(c5ccccc5)(c5ccccc5)c5ccccc5)ccc34)c2)cc1. The van der Waals surface area contributed by atoms with E-state index in [-0.39, 0.29) is 0 Å². The van der Waals surface area contributed by atoms with Crippen molar-refractivity contribution >= 4 is 42.3 Å². The van der Waals surface area contributed by atoms with E-state index in [1.165, 1.54) is 85.3 Å². The maximum absolute atomic E-state index is 2.54. The molecule has 0 radical (unpaired) electrons. The highest BCUT2D eigenvalue weighted by Crippen LogP contribution is 2.73. The van der Waals surface area contributed by atoms with Gasteiger partial charge in [0.05, 0.1) is 0 Å². The van der Waals surface area contributed by atoms with Crippen molar-refractivity contribution in [1.82, 2.24) is 0 Å². The first-order valence-electron chi connectivity index (χ1n) is 19.9. The van der Waals surface area contributed by atoms with Crippen LogP contribution in [-0.2, 0) is 0 Å². The molecule has 10 aromatic rings. The first-order chi connectivity index (χ1) is 28.3. The van der Waals surface area contributed by atoms with Gasteiger partial charge in [0.2, 0.25) is 0 Å². The van der Waals surface area contributed by atoms with Crippen LogP contribution in [0, 0.1) is 0 Å². The summed E-state index contributed by atoms with van der Waals surface area (Å²) < 4.78 is 0. The number of hydrogen-bond donors (Lipinski definition) is 0. The van der Waals surface area contributed by atoms with Crippen LogP contribution >= 0.6 is 10.0 Å². The molecule has 0 atom stereocenters. The normalized spacial score (nSPS) is 11.6. The van der Waals surface area contributed by atoms with Gasteiger partial charge in [0.1, 0.15) is 0 Å². The maximum Gasteiger partial charge on any atom is 0.00295 e. The fraction of sp³-hybridized carbons (Fsp3) is 0.0357. The summed E-state index contributed by atoms with van der Waals surface area (Å²) in [5, 5.41) is 7.50. The van der Waals surface area contributed by atoms with Gasteiger partial charge in [-0.1, -0.05) is 184 Å². The monoisotopic (exact) mass is 748 g/mol. The topological polar surface area (TPSA) is 0 Å². The van der Waals surface area contributed by atoms with Gasteiger partial charge in [-0.25, -0.2) is 0 Å². The summed E-state index contributed by atoms with van der Waals surface area (Å²) in [7, 11) is -1.91. The molecule has 0 aliphatic rings. The van der Waals surface area contributed by atoms with Gasteiger partial charge in [-0.15, -0.1) is 10.0 Å². The van der Waals surface area contributed by atoms with Crippen molar-refractivity contribution in [3.05, 3.63) is 231 Å². The fourth-order valence-electron chi connectivity index (χ4n) is 8.49. The lowest BCUT2D eigenvalue weighted by molar-refractivity contribution is 1.25. The fourth-order valence-corrected chi connectivity index (χ4v) is 12.4. The van der Waals surface area contributed by atoms with Crippen LogP contribution in [-0.4, -0.2) is 0 Å². The molecule has 0 N–H and O–H groups in total. The maximum atomic E-state index is 2.54. The molecule has 0 fully saturated rings. The third kappa shape index (κ3) is 6.41. The molecule has 10 rings (SSSR count). The van der Waals surface area contributed by atoms with Crippen LogP contribution < -0.4 is 0 Å². The predicted octanol–water partition coefficient (Wildman–Crippen LogP) is 16.5. The van der Waals surface area contributed by atoms with E-state index in [1.54, 1.807) is 0 Å². The summed E-state index contributed by atoms with van der Waals surface area (Å²) in [4.78, 5) is 5.26. The quantitative estimate of drug-likeness (QED) is 0.142. The van der Waals surface area contributed by atoms with Gasteiger partial charge in [-0.2, -0.15) is 0 Å². The van der Waals surface area contributed by atoms with Gasteiger partial charge >= 0.3 is 0 Å². The molecule has 0 heterocycles. The summed E-state index contributed by atoms with van der Waals surface area (Å²) in [6.07, 6.45) is 0. The molecule has 0 aliphatic carbocycles. The molecule has 0 saturated carbocycles. The summed E-state index contributed by atoms with van der Waals surface area (Å²) in [6, 6.07) is 85.3. The van der Waals surface area contributed by atoms with Gasteiger partial charge in [-0.05, 0) is 126 Å². The summed E-state index contributed by atoms with van der Waals surface area (Å²) >= 11 is 0. The molecular formula is C56H44S. The summed E-state index contributed by atoms with van der Waals surface area (Å²) in [5.41, 5.74) is 7.40. The summed E-state index contributed by atoms with van der Waals surface area (Å²) in [5.74, 6) is 0. The van der Waals surface area contributed by atoms with Crippen LogP contribution in [0.1, 0.15) is 13.8 Å². The minimum atomic E-state index is -1.91. The van der Waals surface area contributed by atoms with Crippen molar-refractivity contribution in [2.75, 3.05) is 0 Å². The highest BCUT2D eigenvalue weighted by atomic mass is 32.3. The van der Waals surface area contributed by atoms with Crippen LogP contribution in [0.5, 0.6) is 0 Å². The lowest BCUT2D eigenvalue weighted by atomic mass is 9.85. The van der Waals surface area contributed by atoms with Crippen LogP contribution in [0.25, 0.3) is 65.7 Å². The van der Waals surface area contributed by atoms with Crippen molar-refractivity contribution in [3.8, 4) is 33.4 Å². The largest absolute Gasteiger partial charge is 0.133 e. The second kappa shape index (κ2) is 15.8. The van der Waals surface area contributed by atoms with E-state index in [2.05, 4.69) is 231 Å². The molecule has 0 aromatic heterocycles. The van der Waals surface area contributed by atoms with E-state index >= 15 is 0 Å². The first-order valence-corrected chi connectivity index (χ1v) is 21.5. The highest BCUT2D eigenvalue weighted by Gasteiger charge is 2.34. The number of fused-ring (bicyclic) bond motifs is 3. The molecule has 57 heavy (non-hydrogen) atoms. The Labute approximate surface area is 338 Å². The number of rotatable bonds is 7. The zero-order valence-electron chi connectivity index (χ0n) is 32.3. The van der Waals surface area contributed by atoms with Gasteiger partial charge in [0, 0.05) is 19.6 Å². The Morgan fingerprint density at radius 1 is 0.246 bits per heavy atom. The molecule has 0 saturated heterocycles. The van der Waals surface area contributed by atoms with E-state index in [0.717, 1.165) is 0 Å². The van der Waals surface area contributed by atoms with Crippen LogP contribution in [0.15, 0.2) is 250 Å². The molecule has 0 bridgehead atoms. The van der Waals surface area contributed by atoms with Crippen molar-refractivity contribution < 1.29 is 0 Å². The lowest BCUT2D eigenvalue weighted by Gasteiger charge is -2.42. The zero-order valence-corrected chi connectivity index (χ0v) is 33.2. The Balaban J connectivity index is 0.00000208. The average Bonchev–Trinajstić information content (AvgIpc) is 3.30. The Bertz CT molecular complexity index is 2860. The van der Waals surface area contributed by atoms with Gasteiger partial charge in [0.15, 0.2) is 0 Å². The second-order valence-corrected chi connectivity index (χ2v) is 17.2. The minimum Gasteiger partial charge on any atom is -0.133 e. The number of benzene rings is 10. The molecule has 0 unspecified atom stereocenters. The van der Waals surface area contributed by atoms with E-state index < -0.39 is 10.0 Å². The van der Waals surface area contributed by atoms with Gasteiger partial charge in [-0.3, -0.25) is 0 Å². The molecule has 1 heteroatoms. The molecule has 0 amide bonds. The Kier molecular flexibility index (Phi) is 9.99. The molecule has 10 aromatic carbocycles. The van der Waals surface area contributed by atoms with E-state index in [1.807, 2.05) is 13.8 Å². The van der Waals surface area contributed by atoms with Crippen molar-refractivity contribution in [1.29, 1.82) is 0 Å². The second-order valence-electron chi connectivity index (χ2n) is 14.1. The Hall–Kier alpha value is -6.67. The van der Waals surface area contributed by atoms with Crippen LogP contribution in [0.2, 0.25) is 0 Å². The first kappa shape index (κ1) is 36.0. The van der Waals surface area contributed by atoms with Crippen molar-refractivity contribution in [3.63, 3.8) is 0 Å². The zero-order chi connectivity index (χ0) is 38.6. The highest BCUT2D eigenvalue weighted by molar-refractivity contribution is 8.34. The smallest absolute Gasteiger partial charge is 0.00295 e. The number of hydrogen-bond acceptors (Lipinski definition) is 0. The minimum absolute atomic E-state index is 1.21. The molecule has 0 spiro atoms. The molecule has 0 nitrogen and oxygen atoms in total. The van der Waals surface area contributed by atoms with Crippen LogP contribution in [0.4, 0.5) is 0 Å². The molecule has 274 valence electrons. The Morgan fingerprint density at radius 2 is 0.684 bits per heavy atom. The van der Waals surface area contributed by atoms with Gasteiger partial charge in [0.25, 0.3) is 0 Å².